The summed E-state index contributed by atoms with van der Waals surface area (Å²) >= 11 is 15.4. The van der Waals surface area contributed by atoms with Crippen LogP contribution in [0.15, 0.2) is 89.5 Å². The molecule has 4 aromatic carbocycles. The topological polar surface area (TPSA) is 96.0 Å². The molecule has 8 nitrogen and oxygen atoms in total. The van der Waals surface area contributed by atoms with E-state index in [4.69, 9.17) is 42.1 Å². The Labute approximate surface area is 298 Å². The van der Waals surface area contributed by atoms with Gasteiger partial charge in [-0.1, -0.05) is 69.5 Å². The quantitative estimate of drug-likeness (QED) is 0.118. The molecule has 48 heavy (non-hydrogen) atoms. The molecule has 0 atom stereocenters. The Balaban J connectivity index is 0.000000217. The van der Waals surface area contributed by atoms with Crippen molar-refractivity contribution in [3.63, 3.8) is 0 Å². The Kier molecular flexibility index (Phi) is 12.5. The third kappa shape index (κ3) is 7.93. The van der Waals surface area contributed by atoms with Gasteiger partial charge in [0.2, 0.25) is 11.5 Å². The molecule has 5 rings (SSSR count). The Bertz CT molecular complexity index is 1950. The Morgan fingerprint density at radius 1 is 0.750 bits per heavy atom. The number of aromatic nitrogens is 1. The standard InChI is InChI=1S/C19H21BrO5.C18H12Cl2N2O/c1-10-9-14(23-4)18(24-5)19(25-6)15(10)17(21)16-11(2)12(20)7-8-13(16)22-3;19-13-9-7-12(8-10-13)14-4-1-2-6-16(14)22-18(23)15-5-3-11-21-17(15)20/h7-9H,1-6H3;1-11H,(H,22,23). The summed E-state index contributed by atoms with van der Waals surface area (Å²) in [6.45, 7) is 3.69. The maximum absolute atomic E-state index is 13.4. The molecule has 11 heteroatoms. The molecule has 0 bridgehead atoms. The van der Waals surface area contributed by atoms with Gasteiger partial charge in [0, 0.05) is 26.9 Å². The highest BCUT2D eigenvalue weighted by Crippen LogP contribution is 2.44. The van der Waals surface area contributed by atoms with Crippen LogP contribution in [0, 0.1) is 13.8 Å². The van der Waals surface area contributed by atoms with E-state index in [1.165, 1.54) is 21.3 Å². The number of ketones is 1. The van der Waals surface area contributed by atoms with Crippen molar-refractivity contribution in [2.24, 2.45) is 0 Å². The fraction of sp³-hybridized carbons (Fsp3) is 0.162. The maximum Gasteiger partial charge on any atom is 0.258 e. The van der Waals surface area contributed by atoms with E-state index in [-0.39, 0.29) is 16.8 Å². The first-order valence-electron chi connectivity index (χ1n) is 14.5. The van der Waals surface area contributed by atoms with Gasteiger partial charge in [0.1, 0.15) is 10.9 Å². The molecule has 0 aliphatic rings. The average Bonchev–Trinajstić information content (AvgIpc) is 3.09. The summed E-state index contributed by atoms with van der Waals surface area (Å²) in [5.74, 6) is 1.22. The van der Waals surface area contributed by atoms with Crippen LogP contribution in [0.2, 0.25) is 10.2 Å². The lowest BCUT2D eigenvalue weighted by atomic mass is 9.93. The van der Waals surface area contributed by atoms with E-state index in [2.05, 4.69) is 26.2 Å². The number of para-hydroxylation sites is 1. The molecule has 5 aromatic rings. The molecule has 1 amide bonds. The van der Waals surface area contributed by atoms with Gasteiger partial charge in [0.25, 0.3) is 5.91 Å². The van der Waals surface area contributed by atoms with Crippen molar-refractivity contribution in [3.8, 4) is 34.1 Å². The van der Waals surface area contributed by atoms with Crippen LogP contribution in [0.1, 0.15) is 37.4 Å². The van der Waals surface area contributed by atoms with Crippen molar-refractivity contribution in [2.45, 2.75) is 13.8 Å². The molecule has 1 N–H and O–H groups in total. The van der Waals surface area contributed by atoms with E-state index in [0.717, 1.165) is 26.7 Å². The van der Waals surface area contributed by atoms with Crippen molar-refractivity contribution in [1.29, 1.82) is 0 Å². The summed E-state index contributed by atoms with van der Waals surface area (Å²) in [5, 5.41) is 3.72. The Hall–Kier alpha value is -4.57. The number of aryl methyl sites for hydroxylation is 1. The number of amides is 1. The third-order valence-corrected chi connectivity index (χ3v) is 8.81. The van der Waals surface area contributed by atoms with Crippen molar-refractivity contribution >= 4 is 56.5 Å². The second-order valence-electron chi connectivity index (χ2n) is 10.3. The molecule has 1 aromatic heterocycles. The van der Waals surface area contributed by atoms with Gasteiger partial charge >= 0.3 is 0 Å². The number of hydrogen-bond donors (Lipinski definition) is 1. The van der Waals surface area contributed by atoms with Crippen molar-refractivity contribution in [2.75, 3.05) is 33.8 Å². The zero-order chi connectivity index (χ0) is 35.0. The van der Waals surface area contributed by atoms with E-state index in [1.807, 2.05) is 68.4 Å². The van der Waals surface area contributed by atoms with E-state index in [0.29, 0.717) is 50.4 Å². The summed E-state index contributed by atoms with van der Waals surface area (Å²) in [6.07, 6.45) is 1.54. The molecule has 0 saturated heterocycles. The number of hydrogen-bond acceptors (Lipinski definition) is 7. The van der Waals surface area contributed by atoms with Gasteiger partial charge in [-0.15, -0.1) is 0 Å². The molecule has 0 saturated carbocycles. The zero-order valence-electron chi connectivity index (χ0n) is 27.1. The molecule has 0 spiro atoms. The van der Waals surface area contributed by atoms with Crippen LogP contribution in [-0.2, 0) is 0 Å². The van der Waals surface area contributed by atoms with E-state index in [1.54, 1.807) is 37.6 Å². The Morgan fingerprint density at radius 3 is 2.04 bits per heavy atom. The molecule has 0 unspecified atom stereocenters. The van der Waals surface area contributed by atoms with E-state index >= 15 is 0 Å². The number of pyridine rings is 1. The predicted molar refractivity (Wildman–Crippen MR) is 194 cm³/mol. The number of halogens is 3. The molecular weight excluding hydrogens is 719 g/mol. The lowest BCUT2D eigenvalue weighted by Crippen LogP contribution is -2.13. The van der Waals surface area contributed by atoms with Crippen LogP contribution < -0.4 is 24.3 Å². The molecule has 0 aliphatic heterocycles. The van der Waals surface area contributed by atoms with Crippen LogP contribution in [-0.4, -0.2) is 45.1 Å². The SMILES string of the molecule is COc1cc(C)c(C(=O)c2c(OC)ccc(Br)c2C)c(OC)c1OC.O=C(Nc1ccccc1-c1ccc(Cl)cc1)c1cccnc1Cl. The van der Waals surface area contributed by atoms with Crippen molar-refractivity contribution in [3.05, 3.63) is 128 Å². The van der Waals surface area contributed by atoms with Gasteiger partial charge < -0.3 is 24.3 Å². The van der Waals surface area contributed by atoms with Crippen molar-refractivity contribution < 1.29 is 28.5 Å². The number of nitrogens with one attached hydrogen (secondary N) is 1. The van der Waals surface area contributed by atoms with Gasteiger partial charge in [-0.3, -0.25) is 9.59 Å². The van der Waals surface area contributed by atoms with Gasteiger partial charge in [-0.05, 0) is 79.1 Å². The number of ether oxygens (including phenoxy) is 4. The predicted octanol–water partition coefficient (Wildman–Crippen LogP) is 9.64. The fourth-order valence-electron chi connectivity index (χ4n) is 5.02. The molecular formula is C37H33BrCl2N2O6. The second kappa shape index (κ2) is 16.5. The largest absolute Gasteiger partial charge is 0.496 e. The van der Waals surface area contributed by atoms with Gasteiger partial charge in [-0.25, -0.2) is 4.98 Å². The van der Waals surface area contributed by atoms with Gasteiger partial charge in [-0.2, -0.15) is 0 Å². The monoisotopic (exact) mass is 750 g/mol. The zero-order valence-corrected chi connectivity index (χ0v) is 30.2. The van der Waals surface area contributed by atoms with Crippen LogP contribution >= 0.6 is 39.1 Å². The summed E-state index contributed by atoms with van der Waals surface area (Å²) in [4.78, 5) is 29.7. The summed E-state index contributed by atoms with van der Waals surface area (Å²) in [6, 6.07) is 23.7. The number of carbonyl (C=O) groups excluding carboxylic acids is 2. The van der Waals surface area contributed by atoms with Crippen LogP contribution in [0.5, 0.6) is 23.0 Å². The highest BCUT2D eigenvalue weighted by Gasteiger charge is 2.28. The molecule has 0 aliphatic carbocycles. The first kappa shape index (κ1) is 36.3. The maximum atomic E-state index is 13.4. The minimum atomic E-state index is -0.301. The average molecular weight is 752 g/mol. The number of nitrogens with zero attached hydrogens (tertiary/aromatic N) is 1. The number of rotatable bonds is 9. The number of methoxy groups -OCH3 is 4. The van der Waals surface area contributed by atoms with E-state index < -0.39 is 0 Å². The summed E-state index contributed by atoms with van der Waals surface area (Å²) in [7, 11) is 6.09. The number of benzene rings is 4. The third-order valence-electron chi connectivity index (χ3n) is 7.40. The molecule has 0 fully saturated rings. The number of anilines is 1. The fourth-order valence-corrected chi connectivity index (χ4v) is 5.68. The highest BCUT2D eigenvalue weighted by molar-refractivity contribution is 9.10. The summed E-state index contributed by atoms with van der Waals surface area (Å²) in [5.41, 5.74) is 5.30. The highest BCUT2D eigenvalue weighted by atomic mass is 79.9. The molecule has 0 radical (unpaired) electrons. The van der Waals surface area contributed by atoms with Crippen molar-refractivity contribution in [1.82, 2.24) is 4.98 Å². The second-order valence-corrected chi connectivity index (χ2v) is 11.9. The smallest absolute Gasteiger partial charge is 0.258 e. The lowest BCUT2D eigenvalue weighted by Gasteiger charge is -2.19. The lowest BCUT2D eigenvalue weighted by molar-refractivity contribution is 0.102. The van der Waals surface area contributed by atoms with Crippen LogP contribution in [0.3, 0.4) is 0 Å². The van der Waals surface area contributed by atoms with Gasteiger partial charge in [0.05, 0.1) is 45.1 Å². The van der Waals surface area contributed by atoms with E-state index in [9.17, 15) is 9.59 Å². The summed E-state index contributed by atoms with van der Waals surface area (Å²) < 4.78 is 22.5. The molecule has 1 heterocycles. The molecule has 248 valence electrons. The first-order valence-corrected chi connectivity index (χ1v) is 16.0. The first-order chi connectivity index (χ1) is 23.1. The van der Waals surface area contributed by atoms with Crippen LogP contribution in [0.25, 0.3) is 11.1 Å². The Morgan fingerprint density at radius 2 is 1.42 bits per heavy atom. The minimum absolute atomic E-state index is 0.175. The number of carbonyl (C=O) groups is 2. The minimum Gasteiger partial charge on any atom is -0.496 e. The normalized spacial score (nSPS) is 10.4. The van der Waals surface area contributed by atoms with Crippen LogP contribution in [0.4, 0.5) is 5.69 Å². The van der Waals surface area contributed by atoms with Gasteiger partial charge in [0.15, 0.2) is 11.5 Å².